The van der Waals surface area contributed by atoms with Crippen LogP contribution in [-0.2, 0) is 13.1 Å². The number of anilines is 1. The van der Waals surface area contributed by atoms with E-state index in [2.05, 4.69) is 66.1 Å². The van der Waals surface area contributed by atoms with E-state index in [-0.39, 0.29) is 11.7 Å². The second-order valence-corrected chi connectivity index (χ2v) is 11.1. The summed E-state index contributed by atoms with van der Waals surface area (Å²) in [7, 11) is 0. The van der Waals surface area contributed by atoms with Gasteiger partial charge in [0, 0.05) is 55.7 Å². The van der Waals surface area contributed by atoms with Crippen molar-refractivity contribution in [3.63, 3.8) is 0 Å². The lowest BCUT2D eigenvalue weighted by Gasteiger charge is -2.32. The molecule has 0 bridgehead atoms. The fraction of sp³-hybridized carbons (Fsp3) is 0.265. The first-order valence-corrected chi connectivity index (χ1v) is 14.9. The van der Waals surface area contributed by atoms with Crippen molar-refractivity contribution in [2.24, 2.45) is 0 Å². The number of halogens is 1. The first-order chi connectivity index (χ1) is 21.7. The molecule has 44 heavy (non-hydrogen) atoms. The van der Waals surface area contributed by atoms with Crippen molar-refractivity contribution in [2.75, 3.05) is 25.0 Å². The molecule has 10 heteroatoms. The quantitative estimate of drug-likeness (QED) is 0.261. The number of pyridine rings is 1. The Morgan fingerprint density at radius 1 is 0.909 bits per heavy atom. The van der Waals surface area contributed by atoms with E-state index in [1.54, 1.807) is 12.3 Å². The second kappa shape index (κ2) is 12.2. The Morgan fingerprint density at radius 3 is 2.50 bits per heavy atom. The third kappa shape index (κ3) is 5.62. The van der Waals surface area contributed by atoms with Crippen LogP contribution in [0.2, 0.25) is 0 Å². The zero-order chi connectivity index (χ0) is 29.9. The normalized spacial score (nSPS) is 15.3. The van der Waals surface area contributed by atoms with Crippen LogP contribution in [0, 0.1) is 17.1 Å². The molecular formula is C34H31FN8O. The Bertz CT molecular complexity index is 1810. The Hall–Kier alpha value is -5.14. The van der Waals surface area contributed by atoms with E-state index in [0.717, 1.165) is 61.4 Å². The van der Waals surface area contributed by atoms with Gasteiger partial charge in [-0.1, -0.05) is 54.6 Å². The molecule has 0 saturated carbocycles. The number of benzene rings is 2. The summed E-state index contributed by atoms with van der Waals surface area (Å²) in [6, 6.07) is 24.2. The molecule has 0 atom stereocenters. The SMILES string of the molecule is N#Cc1nccc(NC2CCN(Cc3ccc(-c4nc5n(c4-c4ccccc4)CCCOc4nccc(F)c4-5)cc3)CC2)n1. The van der Waals surface area contributed by atoms with Gasteiger partial charge in [0.15, 0.2) is 0 Å². The molecule has 5 aromatic rings. The number of aromatic nitrogens is 5. The molecule has 0 amide bonds. The van der Waals surface area contributed by atoms with E-state index in [4.69, 9.17) is 15.0 Å². The third-order valence-corrected chi connectivity index (χ3v) is 8.20. The summed E-state index contributed by atoms with van der Waals surface area (Å²) in [5.74, 6) is 1.29. The van der Waals surface area contributed by atoms with Crippen LogP contribution in [0.3, 0.4) is 0 Å². The predicted octanol–water partition coefficient (Wildman–Crippen LogP) is 5.94. The summed E-state index contributed by atoms with van der Waals surface area (Å²) < 4.78 is 23.2. The van der Waals surface area contributed by atoms with Crippen molar-refractivity contribution in [3.8, 4) is 45.9 Å². The number of nitrogens with one attached hydrogen (secondary N) is 1. The topological polar surface area (TPSA) is 105 Å². The molecule has 1 fully saturated rings. The Labute approximate surface area is 255 Å². The second-order valence-electron chi connectivity index (χ2n) is 11.1. The average molecular weight is 587 g/mol. The van der Waals surface area contributed by atoms with Gasteiger partial charge in [0.25, 0.3) is 0 Å². The summed E-state index contributed by atoms with van der Waals surface area (Å²) in [6.45, 7) is 3.88. The lowest BCUT2D eigenvalue weighted by Crippen LogP contribution is -2.38. The number of likely N-dealkylation sites (tertiary alicyclic amines) is 1. The minimum absolute atomic E-state index is 0.177. The highest BCUT2D eigenvalue weighted by Crippen LogP contribution is 2.40. The molecule has 0 spiro atoms. The Morgan fingerprint density at radius 2 is 1.70 bits per heavy atom. The van der Waals surface area contributed by atoms with E-state index in [0.29, 0.717) is 36.4 Å². The van der Waals surface area contributed by atoms with E-state index < -0.39 is 5.82 Å². The van der Waals surface area contributed by atoms with Crippen molar-refractivity contribution in [2.45, 2.75) is 38.4 Å². The summed E-state index contributed by atoms with van der Waals surface area (Å²) in [4.78, 5) is 20.0. The molecule has 0 radical (unpaired) electrons. The number of fused-ring (bicyclic) bond motifs is 3. The summed E-state index contributed by atoms with van der Waals surface area (Å²) in [6.07, 6.45) is 5.77. The number of hydrogen-bond acceptors (Lipinski definition) is 8. The van der Waals surface area contributed by atoms with Gasteiger partial charge in [-0.05, 0) is 37.0 Å². The molecule has 2 aliphatic rings. The van der Waals surface area contributed by atoms with Gasteiger partial charge in [-0.25, -0.2) is 24.3 Å². The lowest BCUT2D eigenvalue weighted by atomic mass is 10.0. The number of hydrogen-bond donors (Lipinski definition) is 1. The molecule has 2 aromatic carbocycles. The van der Waals surface area contributed by atoms with Gasteiger partial charge >= 0.3 is 0 Å². The first kappa shape index (κ1) is 27.7. The van der Waals surface area contributed by atoms with Crippen LogP contribution in [0.5, 0.6) is 5.88 Å². The molecular weight excluding hydrogens is 555 g/mol. The van der Waals surface area contributed by atoms with E-state index >= 15 is 4.39 Å². The molecule has 5 heterocycles. The molecule has 3 aromatic heterocycles. The van der Waals surface area contributed by atoms with Crippen LogP contribution in [0.15, 0.2) is 79.1 Å². The first-order valence-electron chi connectivity index (χ1n) is 14.9. The average Bonchev–Trinajstić information content (AvgIpc) is 3.41. The monoisotopic (exact) mass is 586 g/mol. The maximum absolute atomic E-state index is 15.2. The number of piperidine rings is 1. The highest BCUT2D eigenvalue weighted by atomic mass is 19.1. The zero-order valence-corrected chi connectivity index (χ0v) is 24.2. The van der Waals surface area contributed by atoms with Gasteiger partial charge in [0.05, 0.1) is 18.0 Å². The van der Waals surface area contributed by atoms with Gasteiger partial charge < -0.3 is 14.6 Å². The maximum atomic E-state index is 15.2. The molecule has 2 aliphatic heterocycles. The van der Waals surface area contributed by atoms with Crippen LogP contribution < -0.4 is 10.1 Å². The third-order valence-electron chi connectivity index (χ3n) is 8.20. The standard InChI is InChI=1S/C34H31FN8O/c35-27-11-15-38-34-30(27)33-41-31(32(25-5-2-1-3-6-25)43(33)17-4-20-44-34)24-9-7-23(8-10-24)22-42-18-13-26(14-19-42)39-28-12-16-37-29(21-36)40-28/h1-3,5-12,15-16,26H,4,13-14,17-20,22H2,(H,37,39,40). The predicted molar refractivity (Wildman–Crippen MR) is 165 cm³/mol. The van der Waals surface area contributed by atoms with Crippen LogP contribution in [0.1, 0.15) is 30.7 Å². The lowest BCUT2D eigenvalue weighted by molar-refractivity contribution is 0.211. The molecule has 0 aliphatic carbocycles. The summed E-state index contributed by atoms with van der Waals surface area (Å²) in [5, 5.41) is 12.5. The van der Waals surface area contributed by atoms with Crippen molar-refractivity contribution >= 4 is 5.82 Å². The Kier molecular flexibility index (Phi) is 7.69. The summed E-state index contributed by atoms with van der Waals surface area (Å²) >= 11 is 0. The van der Waals surface area contributed by atoms with Gasteiger partial charge in [-0.15, -0.1) is 0 Å². The van der Waals surface area contributed by atoms with Gasteiger partial charge in [0.2, 0.25) is 11.7 Å². The molecule has 7 rings (SSSR count). The van der Waals surface area contributed by atoms with Crippen LogP contribution in [-0.4, -0.2) is 55.1 Å². The minimum atomic E-state index is -0.396. The molecule has 1 N–H and O–H groups in total. The molecule has 0 unspecified atom stereocenters. The highest BCUT2D eigenvalue weighted by Gasteiger charge is 2.27. The number of rotatable bonds is 6. The van der Waals surface area contributed by atoms with Crippen molar-refractivity contribution in [3.05, 3.63) is 96.3 Å². The number of nitrogens with zero attached hydrogens (tertiary/aromatic N) is 7. The zero-order valence-electron chi connectivity index (χ0n) is 24.2. The number of ether oxygens (including phenoxy) is 1. The highest BCUT2D eigenvalue weighted by molar-refractivity contribution is 5.83. The van der Waals surface area contributed by atoms with Crippen LogP contribution in [0.25, 0.3) is 33.9 Å². The van der Waals surface area contributed by atoms with E-state index in [1.165, 1.54) is 17.8 Å². The smallest absolute Gasteiger partial charge is 0.234 e. The van der Waals surface area contributed by atoms with Crippen LogP contribution >= 0.6 is 0 Å². The van der Waals surface area contributed by atoms with Crippen molar-refractivity contribution in [1.29, 1.82) is 5.26 Å². The molecule has 220 valence electrons. The van der Waals surface area contributed by atoms with Gasteiger partial charge in [0.1, 0.15) is 29.1 Å². The fourth-order valence-corrected chi connectivity index (χ4v) is 6.04. The largest absolute Gasteiger partial charge is 0.477 e. The molecule has 1 saturated heterocycles. The van der Waals surface area contributed by atoms with Crippen molar-refractivity contribution < 1.29 is 9.13 Å². The Balaban J connectivity index is 1.12. The number of imidazole rings is 1. The van der Waals surface area contributed by atoms with E-state index in [1.807, 2.05) is 24.3 Å². The fourth-order valence-electron chi connectivity index (χ4n) is 6.04. The van der Waals surface area contributed by atoms with Crippen molar-refractivity contribution in [1.82, 2.24) is 29.4 Å². The number of nitriles is 1. The minimum Gasteiger partial charge on any atom is -0.477 e. The molecule has 9 nitrogen and oxygen atoms in total. The van der Waals surface area contributed by atoms with E-state index in [9.17, 15) is 0 Å². The maximum Gasteiger partial charge on any atom is 0.234 e. The van der Waals surface area contributed by atoms with Gasteiger partial charge in [-0.3, -0.25) is 4.90 Å². The van der Waals surface area contributed by atoms with Crippen LogP contribution in [0.4, 0.5) is 10.2 Å². The van der Waals surface area contributed by atoms with Gasteiger partial charge in [-0.2, -0.15) is 5.26 Å². The summed E-state index contributed by atoms with van der Waals surface area (Å²) in [5.41, 5.74) is 5.30.